The van der Waals surface area contributed by atoms with Crippen molar-refractivity contribution >= 4 is 10.8 Å². The number of fused-ring (bicyclic) bond motifs is 1. The molecule has 1 aromatic heterocycles. The molecule has 0 fully saturated rings. The van der Waals surface area contributed by atoms with Crippen molar-refractivity contribution in [3.63, 3.8) is 0 Å². The van der Waals surface area contributed by atoms with Crippen LogP contribution in [-0.4, -0.2) is 16.2 Å². The van der Waals surface area contributed by atoms with Gasteiger partial charge in [0.1, 0.15) is 12.4 Å². The largest absolute Gasteiger partial charge is 0.492 e. The molecule has 0 aliphatic rings. The number of nitrogens with one attached hydrogen (secondary N) is 1. The van der Waals surface area contributed by atoms with E-state index in [1.165, 1.54) is 4.57 Å². The summed E-state index contributed by atoms with van der Waals surface area (Å²) in [6, 6.07) is 13.9. The molecule has 5 heteroatoms. The van der Waals surface area contributed by atoms with Crippen LogP contribution in [0.25, 0.3) is 10.8 Å². The molecule has 0 bridgehead atoms. The van der Waals surface area contributed by atoms with Crippen molar-refractivity contribution in [2.24, 2.45) is 0 Å². The van der Waals surface area contributed by atoms with Crippen molar-refractivity contribution in [2.45, 2.75) is 13.5 Å². The minimum atomic E-state index is -0.419. The van der Waals surface area contributed by atoms with Crippen LogP contribution in [0.3, 0.4) is 0 Å². The van der Waals surface area contributed by atoms with Gasteiger partial charge in [-0.3, -0.25) is 14.3 Å². The number of aromatic amines is 1. The molecule has 0 amide bonds. The molecule has 0 unspecified atom stereocenters. The van der Waals surface area contributed by atoms with E-state index in [0.29, 0.717) is 18.7 Å². The first-order valence-electron chi connectivity index (χ1n) is 7.05. The van der Waals surface area contributed by atoms with Crippen LogP contribution in [0.2, 0.25) is 0 Å². The first-order chi connectivity index (χ1) is 10.6. The van der Waals surface area contributed by atoms with E-state index in [2.05, 4.69) is 4.98 Å². The van der Waals surface area contributed by atoms with Crippen molar-refractivity contribution in [3.8, 4) is 5.75 Å². The van der Waals surface area contributed by atoms with E-state index in [1.807, 2.05) is 42.5 Å². The lowest BCUT2D eigenvalue weighted by atomic mass is 10.1. The van der Waals surface area contributed by atoms with Crippen LogP contribution in [-0.2, 0) is 6.54 Å². The van der Waals surface area contributed by atoms with Gasteiger partial charge in [0.05, 0.1) is 6.54 Å². The van der Waals surface area contributed by atoms with Crippen molar-refractivity contribution in [3.05, 3.63) is 75.1 Å². The van der Waals surface area contributed by atoms with Crippen LogP contribution in [0.5, 0.6) is 5.75 Å². The Morgan fingerprint density at radius 1 is 1.09 bits per heavy atom. The molecule has 5 nitrogen and oxygen atoms in total. The monoisotopic (exact) mass is 296 g/mol. The SMILES string of the molecule is Cc1cn(CCOc2ccc3ccccc3c2)c(=O)[nH]c1=O. The maximum Gasteiger partial charge on any atom is 0.328 e. The Labute approximate surface area is 126 Å². The second kappa shape index (κ2) is 5.89. The normalized spacial score (nSPS) is 10.8. The van der Waals surface area contributed by atoms with Gasteiger partial charge in [0, 0.05) is 11.8 Å². The Bertz CT molecular complexity index is 925. The number of hydrogen-bond donors (Lipinski definition) is 1. The number of aryl methyl sites for hydroxylation is 1. The predicted octanol–water partition coefficient (Wildman–Crippen LogP) is 2.08. The van der Waals surface area contributed by atoms with E-state index >= 15 is 0 Å². The van der Waals surface area contributed by atoms with Crippen LogP contribution in [0.4, 0.5) is 0 Å². The molecule has 0 aliphatic heterocycles. The Balaban J connectivity index is 1.71. The third kappa shape index (κ3) is 2.93. The van der Waals surface area contributed by atoms with Crippen LogP contribution in [0.15, 0.2) is 58.3 Å². The Morgan fingerprint density at radius 3 is 2.68 bits per heavy atom. The second-order valence-electron chi connectivity index (χ2n) is 5.12. The zero-order valence-electron chi connectivity index (χ0n) is 12.2. The molecular formula is C17H16N2O3. The van der Waals surface area contributed by atoms with E-state index in [1.54, 1.807) is 13.1 Å². The fourth-order valence-electron chi connectivity index (χ4n) is 2.30. The van der Waals surface area contributed by atoms with Crippen LogP contribution in [0, 0.1) is 6.92 Å². The molecule has 112 valence electrons. The van der Waals surface area contributed by atoms with Gasteiger partial charge in [0.15, 0.2) is 0 Å². The van der Waals surface area contributed by atoms with E-state index in [9.17, 15) is 9.59 Å². The number of ether oxygens (including phenoxy) is 1. The molecule has 0 aliphatic carbocycles. The van der Waals surface area contributed by atoms with Crippen molar-refractivity contribution in [1.29, 1.82) is 0 Å². The molecule has 0 saturated carbocycles. The highest BCUT2D eigenvalue weighted by atomic mass is 16.5. The minimum Gasteiger partial charge on any atom is -0.492 e. The highest BCUT2D eigenvalue weighted by Crippen LogP contribution is 2.20. The highest BCUT2D eigenvalue weighted by molar-refractivity contribution is 5.83. The van der Waals surface area contributed by atoms with Crippen LogP contribution < -0.4 is 16.0 Å². The van der Waals surface area contributed by atoms with E-state index in [4.69, 9.17) is 4.74 Å². The van der Waals surface area contributed by atoms with E-state index in [-0.39, 0.29) is 5.56 Å². The average Bonchev–Trinajstić information content (AvgIpc) is 2.52. The van der Waals surface area contributed by atoms with Gasteiger partial charge < -0.3 is 4.74 Å². The molecule has 0 atom stereocenters. The number of hydrogen-bond acceptors (Lipinski definition) is 3. The molecule has 0 spiro atoms. The zero-order valence-corrected chi connectivity index (χ0v) is 12.2. The Hall–Kier alpha value is -2.82. The molecule has 3 aromatic rings. The fourth-order valence-corrected chi connectivity index (χ4v) is 2.30. The van der Waals surface area contributed by atoms with Gasteiger partial charge >= 0.3 is 5.69 Å². The summed E-state index contributed by atoms with van der Waals surface area (Å²) < 4.78 is 7.13. The number of rotatable bonds is 4. The molecule has 0 radical (unpaired) electrons. The number of benzene rings is 2. The van der Waals surface area contributed by atoms with Gasteiger partial charge in [-0.05, 0) is 29.8 Å². The number of H-pyrrole nitrogens is 1. The smallest absolute Gasteiger partial charge is 0.328 e. The van der Waals surface area contributed by atoms with Gasteiger partial charge in [-0.25, -0.2) is 4.79 Å². The summed E-state index contributed by atoms with van der Waals surface area (Å²) in [5.74, 6) is 0.757. The standard InChI is InChI=1S/C17H16N2O3/c1-12-11-19(17(21)18-16(12)20)8-9-22-15-7-6-13-4-2-3-5-14(13)10-15/h2-7,10-11H,8-9H2,1H3,(H,18,20,21). The van der Waals surface area contributed by atoms with Gasteiger partial charge in [0.25, 0.3) is 5.56 Å². The third-order valence-electron chi connectivity index (χ3n) is 3.51. The first-order valence-corrected chi connectivity index (χ1v) is 7.05. The van der Waals surface area contributed by atoms with Gasteiger partial charge in [0.2, 0.25) is 0 Å². The van der Waals surface area contributed by atoms with Gasteiger partial charge in [-0.2, -0.15) is 0 Å². The molecule has 22 heavy (non-hydrogen) atoms. The number of nitrogens with zero attached hydrogens (tertiary/aromatic N) is 1. The summed E-state index contributed by atoms with van der Waals surface area (Å²) in [5, 5.41) is 2.26. The zero-order chi connectivity index (χ0) is 15.5. The Morgan fingerprint density at radius 2 is 1.86 bits per heavy atom. The highest BCUT2D eigenvalue weighted by Gasteiger charge is 2.02. The summed E-state index contributed by atoms with van der Waals surface area (Å²) in [4.78, 5) is 25.2. The van der Waals surface area contributed by atoms with Crippen molar-refractivity contribution in [2.75, 3.05) is 6.61 Å². The van der Waals surface area contributed by atoms with Gasteiger partial charge in [-0.1, -0.05) is 30.3 Å². The minimum absolute atomic E-state index is 0.350. The lowest BCUT2D eigenvalue weighted by molar-refractivity contribution is 0.295. The fraction of sp³-hybridized carbons (Fsp3) is 0.176. The topological polar surface area (TPSA) is 64.1 Å². The van der Waals surface area contributed by atoms with E-state index in [0.717, 1.165) is 16.5 Å². The molecule has 1 N–H and O–H groups in total. The van der Waals surface area contributed by atoms with Gasteiger partial charge in [-0.15, -0.1) is 0 Å². The third-order valence-corrected chi connectivity index (χ3v) is 3.51. The summed E-state index contributed by atoms with van der Waals surface area (Å²) >= 11 is 0. The first kappa shape index (κ1) is 14.1. The van der Waals surface area contributed by atoms with E-state index < -0.39 is 5.69 Å². The van der Waals surface area contributed by atoms with Crippen molar-refractivity contribution < 1.29 is 4.74 Å². The lowest BCUT2D eigenvalue weighted by Gasteiger charge is -2.09. The van der Waals surface area contributed by atoms with Crippen LogP contribution in [0.1, 0.15) is 5.56 Å². The molecular weight excluding hydrogens is 280 g/mol. The summed E-state index contributed by atoms with van der Waals surface area (Å²) in [7, 11) is 0. The molecule has 1 heterocycles. The predicted molar refractivity (Wildman–Crippen MR) is 85.5 cm³/mol. The summed E-state index contributed by atoms with van der Waals surface area (Å²) in [5.41, 5.74) is -0.264. The maximum atomic E-state index is 11.7. The van der Waals surface area contributed by atoms with Crippen LogP contribution >= 0.6 is 0 Å². The second-order valence-corrected chi connectivity index (χ2v) is 5.12. The molecule has 2 aromatic carbocycles. The molecule has 3 rings (SSSR count). The molecule has 0 saturated heterocycles. The maximum absolute atomic E-state index is 11.7. The Kier molecular flexibility index (Phi) is 3.78. The lowest BCUT2D eigenvalue weighted by Crippen LogP contribution is -2.32. The average molecular weight is 296 g/mol. The quantitative estimate of drug-likeness (QED) is 0.801. The summed E-state index contributed by atoms with van der Waals surface area (Å²) in [6.07, 6.45) is 1.55. The van der Waals surface area contributed by atoms with Crippen molar-refractivity contribution in [1.82, 2.24) is 9.55 Å². The summed E-state index contributed by atoms with van der Waals surface area (Å²) in [6.45, 7) is 2.39. The number of aromatic nitrogens is 2.